The number of hydrogen-bond donors (Lipinski definition) is 2. The van der Waals surface area contributed by atoms with Crippen LogP contribution in [0, 0.1) is 6.92 Å². The van der Waals surface area contributed by atoms with Crippen LogP contribution in [-0.2, 0) is 0 Å². The Morgan fingerprint density at radius 1 is 1.47 bits per heavy atom. The second-order valence-electron chi connectivity index (χ2n) is 4.19. The second-order valence-corrected chi connectivity index (χ2v) is 4.19. The van der Waals surface area contributed by atoms with Crippen LogP contribution in [0.1, 0.15) is 48.4 Å². The Morgan fingerprint density at radius 3 is 2.80 bits per heavy atom. The van der Waals surface area contributed by atoms with Gasteiger partial charge in [0.05, 0.1) is 6.20 Å². The van der Waals surface area contributed by atoms with Crippen molar-refractivity contribution in [1.29, 1.82) is 0 Å². The summed E-state index contributed by atoms with van der Waals surface area (Å²) >= 11 is 0. The van der Waals surface area contributed by atoms with Gasteiger partial charge in [0.2, 0.25) is 0 Å². The minimum atomic E-state index is -0.0255. The molecule has 2 rings (SSSR count). The van der Waals surface area contributed by atoms with Gasteiger partial charge in [-0.25, -0.2) is 4.98 Å². The highest BCUT2D eigenvalue weighted by atomic mass is 16.1. The fourth-order valence-corrected chi connectivity index (χ4v) is 2.05. The summed E-state index contributed by atoms with van der Waals surface area (Å²) in [6.07, 6.45) is 7.57. The number of nitrogens with zero attached hydrogens (tertiary/aromatic N) is 1. The Bertz CT molecular complexity index is 339. The molecule has 0 radical (unpaired) electrons. The number of nitrogens with one attached hydrogen (secondary N) is 2. The van der Waals surface area contributed by atoms with Gasteiger partial charge in [-0.1, -0.05) is 19.3 Å². The molecule has 1 heterocycles. The smallest absolute Gasteiger partial charge is 0.269 e. The van der Waals surface area contributed by atoms with Gasteiger partial charge in [-0.3, -0.25) is 4.79 Å². The highest BCUT2D eigenvalue weighted by Crippen LogP contribution is 2.17. The number of amides is 1. The first-order valence-electron chi connectivity index (χ1n) is 5.58. The van der Waals surface area contributed by atoms with Crippen molar-refractivity contribution in [2.24, 2.45) is 0 Å². The summed E-state index contributed by atoms with van der Waals surface area (Å²) in [5.74, 6) is 0.756. The maximum absolute atomic E-state index is 11.7. The summed E-state index contributed by atoms with van der Waals surface area (Å²) in [6, 6.07) is 0.356. The van der Waals surface area contributed by atoms with Crippen molar-refractivity contribution in [3.8, 4) is 0 Å². The summed E-state index contributed by atoms with van der Waals surface area (Å²) in [7, 11) is 0. The van der Waals surface area contributed by atoms with E-state index in [2.05, 4.69) is 15.3 Å². The average molecular weight is 207 g/mol. The fourth-order valence-electron chi connectivity index (χ4n) is 2.05. The lowest BCUT2D eigenvalue weighted by Gasteiger charge is -2.22. The number of carbonyl (C=O) groups excluding carboxylic acids is 1. The van der Waals surface area contributed by atoms with Gasteiger partial charge < -0.3 is 10.3 Å². The quantitative estimate of drug-likeness (QED) is 0.776. The molecule has 1 aromatic heterocycles. The molecule has 1 amide bonds. The first-order chi connectivity index (χ1) is 7.25. The number of H-pyrrole nitrogens is 1. The fraction of sp³-hybridized carbons (Fsp3) is 0.636. The molecule has 82 valence electrons. The van der Waals surface area contributed by atoms with Crippen LogP contribution >= 0.6 is 0 Å². The topological polar surface area (TPSA) is 57.8 Å². The SMILES string of the molecule is Cc1ncc(C(=O)NC2CCCCC2)[nH]1. The molecule has 0 aromatic carbocycles. The van der Waals surface area contributed by atoms with Gasteiger partial charge >= 0.3 is 0 Å². The Morgan fingerprint density at radius 2 is 2.20 bits per heavy atom. The zero-order valence-electron chi connectivity index (χ0n) is 9.05. The minimum absolute atomic E-state index is 0.0255. The van der Waals surface area contributed by atoms with Crippen molar-refractivity contribution in [2.45, 2.75) is 45.1 Å². The third kappa shape index (κ3) is 2.58. The van der Waals surface area contributed by atoms with Gasteiger partial charge in [0.1, 0.15) is 11.5 Å². The van der Waals surface area contributed by atoms with Gasteiger partial charge in [-0.05, 0) is 19.8 Å². The largest absolute Gasteiger partial charge is 0.348 e. The number of imidazole rings is 1. The molecule has 0 bridgehead atoms. The van der Waals surface area contributed by atoms with E-state index in [1.807, 2.05) is 6.92 Å². The van der Waals surface area contributed by atoms with Gasteiger partial charge in [0, 0.05) is 6.04 Å². The number of aromatic amines is 1. The van der Waals surface area contributed by atoms with E-state index in [4.69, 9.17) is 0 Å². The van der Waals surface area contributed by atoms with Crippen LogP contribution in [0.3, 0.4) is 0 Å². The molecule has 1 aliphatic rings. The van der Waals surface area contributed by atoms with Crippen molar-refractivity contribution in [1.82, 2.24) is 15.3 Å². The van der Waals surface area contributed by atoms with Crippen LogP contribution in [0.4, 0.5) is 0 Å². The van der Waals surface area contributed by atoms with Crippen molar-refractivity contribution < 1.29 is 4.79 Å². The average Bonchev–Trinajstić information content (AvgIpc) is 2.66. The summed E-state index contributed by atoms with van der Waals surface area (Å²) in [4.78, 5) is 18.7. The summed E-state index contributed by atoms with van der Waals surface area (Å²) in [5, 5.41) is 3.04. The van der Waals surface area contributed by atoms with Crippen LogP contribution in [-0.4, -0.2) is 21.9 Å². The van der Waals surface area contributed by atoms with E-state index in [1.54, 1.807) is 6.20 Å². The highest BCUT2D eigenvalue weighted by molar-refractivity contribution is 5.92. The van der Waals surface area contributed by atoms with Crippen LogP contribution in [0.15, 0.2) is 6.20 Å². The molecule has 0 unspecified atom stereocenters. The lowest BCUT2D eigenvalue weighted by Crippen LogP contribution is -2.36. The molecule has 4 nitrogen and oxygen atoms in total. The van der Waals surface area contributed by atoms with E-state index < -0.39 is 0 Å². The zero-order chi connectivity index (χ0) is 10.7. The van der Waals surface area contributed by atoms with Crippen molar-refractivity contribution in [3.63, 3.8) is 0 Å². The third-order valence-electron chi connectivity index (χ3n) is 2.89. The molecule has 0 saturated heterocycles. The molecule has 4 heteroatoms. The van der Waals surface area contributed by atoms with Gasteiger partial charge in [-0.2, -0.15) is 0 Å². The third-order valence-corrected chi connectivity index (χ3v) is 2.89. The summed E-state index contributed by atoms with van der Waals surface area (Å²) < 4.78 is 0. The predicted molar refractivity (Wildman–Crippen MR) is 57.7 cm³/mol. The van der Waals surface area contributed by atoms with E-state index in [0.29, 0.717) is 11.7 Å². The first kappa shape index (κ1) is 10.2. The molecule has 2 N–H and O–H groups in total. The molecule has 15 heavy (non-hydrogen) atoms. The van der Waals surface area contributed by atoms with E-state index in [9.17, 15) is 4.79 Å². The molecule has 0 aliphatic heterocycles. The molecule has 1 aliphatic carbocycles. The van der Waals surface area contributed by atoms with Gasteiger partial charge in [-0.15, -0.1) is 0 Å². The lowest BCUT2D eigenvalue weighted by atomic mass is 9.95. The van der Waals surface area contributed by atoms with E-state index >= 15 is 0 Å². The standard InChI is InChI=1S/C11H17N3O/c1-8-12-7-10(13-8)11(15)14-9-5-3-2-4-6-9/h7,9H,2-6H2,1H3,(H,12,13)(H,14,15). The van der Waals surface area contributed by atoms with Crippen LogP contribution < -0.4 is 5.32 Å². The Balaban J connectivity index is 1.91. The van der Waals surface area contributed by atoms with Crippen molar-refractivity contribution in [3.05, 3.63) is 17.7 Å². The number of aryl methyl sites for hydroxylation is 1. The van der Waals surface area contributed by atoms with Gasteiger partial charge in [0.15, 0.2) is 0 Å². The summed E-state index contributed by atoms with van der Waals surface area (Å²) in [6.45, 7) is 1.84. The number of hydrogen-bond acceptors (Lipinski definition) is 2. The maximum Gasteiger partial charge on any atom is 0.269 e. The van der Waals surface area contributed by atoms with E-state index in [-0.39, 0.29) is 5.91 Å². The lowest BCUT2D eigenvalue weighted by molar-refractivity contribution is 0.0923. The Labute approximate surface area is 89.5 Å². The molecular weight excluding hydrogens is 190 g/mol. The zero-order valence-corrected chi connectivity index (χ0v) is 9.05. The Hall–Kier alpha value is -1.32. The van der Waals surface area contributed by atoms with Crippen molar-refractivity contribution in [2.75, 3.05) is 0 Å². The molecule has 1 saturated carbocycles. The second kappa shape index (κ2) is 4.47. The first-order valence-corrected chi connectivity index (χ1v) is 5.58. The van der Waals surface area contributed by atoms with Crippen LogP contribution in [0.5, 0.6) is 0 Å². The number of rotatable bonds is 2. The number of aromatic nitrogens is 2. The van der Waals surface area contributed by atoms with Crippen molar-refractivity contribution >= 4 is 5.91 Å². The maximum atomic E-state index is 11.7. The van der Waals surface area contributed by atoms with Crippen LogP contribution in [0.2, 0.25) is 0 Å². The summed E-state index contributed by atoms with van der Waals surface area (Å²) in [5.41, 5.74) is 0.568. The van der Waals surface area contributed by atoms with E-state index in [0.717, 1.165) is 18.7 Å². The predicted octanol–water partition coefficient (Wildman–Crippen LogP) is 1.78. The highest BCUT2D eigenvalue weighted by Gasteiger charge is 2.17. The molecule has 0 spiro atoms. The van der Waals surface area contributed by atoms with Gasteiger partial charge in [0.25, 0.3) is 5.91 Å². The number of carbonyl (C=O) groups is 1. The molecule has 1 aromatic rings. The van der Waals surface area contributed by atoms with Crippen LogP contribution in [0.25, 0.3) is 0 Å². The molecule has 0 atom stereocenters. The molecule has 1 fully saturated rings. The monoisotopic (exact) mass is 207 g/mol. The minimum Gasteiger partial charge on any atom is -0.348 e. The Kier molecular flexibility index (Phi) is 3.04. The van der Waals surface area contributed by atoms with E-state index in [1.165, 1.54) is 19.3 Å². The normalized spacial score (nSPS) is 17.7. The molecular formula is C11H17N3O.